The fraction of sp³-hybridized carbons (Fsp3) is 0.263. The van der Waals surface area contributed by atoms with Crippen molar-refractivity contribution >= 4 is 22.7 Å². The number of amides is 1. The fourth-order valence-electron chi connectivity index (χ4n) is 2.85. The van der Waals surface area contributed by atoms with Crippen molar-refractivity contribution in [3.05, 3.63) is 52.9 Å². The normalized spacial score (nSPS) is 10.8. The number of carbonyl (C=O) groups is 1. The summed E-state index contributed by atoms with van der Waals surface area (Å²) in [6, 6.07) is 9.45. The van der Waals surface area contributed by atoms with Gasteiger partial charge in [-0.2, -0.15) is 0 Å². The molecule has 0 atom stereocenters. The zero-order valence-electron chi connectivity index (χ0n) is 14.3. The number of oxazole rings is 1. The van der Waals surface area contributed by atoms with Crippen LogP contribution in [0.4, 0.5) is 5.69 Å². The maximum Gasteiger partial charge on any atom is 0.262 e. The van der Waals surface area contributed by atoms with Gasteiger partial charge >= 0.3 is 0 Å². The van der Waals surface area contributed by atoms with Crippen molar-refractivity contribution < 1.29 is 13.9 Å². The van der Waals surface area contributed by atoms with Crippen molar-refractivity contribution in [1.82, 2.24) is 4.98 Å². The molecule has 1 aromatic heterocycles. The highest BCUT2D eigenvalue weighted by Crippen LogP contribution is 2.24. The van der Waals surface area contributed by atoms with E-state index in [0.29, 0.717) is 17.2 Å². The number of ether oxygens (including phenoxy) is 1. The van der Waals surface area contributed by atoms with Crippen molar-refractivity contribution in [2.45, 2.75) is 27.7 Å². The lowest BCUT2D eigenvalue weighted by atomic mass is 10.1. The SMILES string of the molecule is Cc1cc(C)c(OCC(=O)Nc2ccc3oc(C)nc3c2)c(C)c1. The van der Waals surface area contributed by atoms with Gasteiger partial charge in [-0.15, -0.1) is 0 Å². The van der Waals surface area contributed by atoms with E-state index in [-0.39, 0.29) is 12.5 Å². The van der Waals surface area contributed by atoms with E-state index >= 15 is 0 Å². The number of nitrogens with one attached hydrogen (secondary N) is 1. The number of carbonyl (C=O) groups excluding carboxylic acids is 1. The Morgan fingerprint density at radius 3 is 2.54 bits per heavy atom. The highest BCUT2D eigenvalue weighted by molar-refractivity contribution is 5.93. The highest BCUT2D eigenvalue weighted by Gasteiger charge is 2.10. The van der Waals surface area contributed by atoms with Crippen LogP contribution >= 0.6 is 0 Å². The van der Waals surface area contributed by atoms with Gasteiger partial charge in [0.1, 0.15) is 11.3 Å². The van der Waals surface area contributed by atoms with Gasteiger partial charge in [-0.25, -0.2) is 4.98 Å². The molecule has 0 radical (unpaired) electrons. The third-order valence-electron chi connectivity index (χ3n) is 3.73. The van der Waals surface area contributed by atoms with E-state index < -0.39 is 0 Å². The van der Waals surface area contributed by atoms with Crippen LogP contribution in [0.3, 0.4) is 0 Å². The molecule has 1 heterocycles. The van der Waals surface area contributed by atoms with Crippen molar-refractivity contribution in [3.63, 3.8) is 0 Å². The predicted octanol–water partition coefficient (Wildman–Crippen LogP) is 4.08. The third-order valence-corrected chi connectivity index (χ3v) is 3.73. The quantitative estimate of drug-likeness (QED) is 0.785. The Kier molecular flexibility index (Phi) is 4.25. The van der Waals surface area contributed by atoms with E-state index in [2.05, 4.69) is 10.3 Å². The monoisotopic (exact) mass is 324 g/mol. The minimum atomic E-state index is -0.214. The molecule has 3 aromatic rings. The summed E-state index contributed by atoms with van der Waals surface area (Å²) < 4.78 is 11.1. The lowest BCUT2D eigenvalue weighted by molar-refractivity contribution is -0.118. The predicted molar refractivity (Wildman–Crippen MR) is 93.5 cm³/mol. The summed E-state index contributed by atoms with van der Waals surface area (Å²) in [6.07, 6.45) is 0. The van der Waals surface area contributed by atoms with E-state index in [4.69, 9.17) is 9.15 Å². The summed E-state index contributed by atoms with van der Waals surface area (Å²) >= 11 is 0. The highest BCUT2D eigenvalue weighted by atomic mass is 16.5. The lowest BCUT2D eigenvalue weighted by Crippen LogP contribution is -2.20. The van der Waals surface area contributed by atoms with E-state index in [1.807, 2.05) is 32.9 Å². The summed E-state index contributed by atoms with van der Waals surface area (Å²) in [5.41, 5.74) is 5.32. The number of benzene rings is 2. The largest absolute Gasteiger partial charge is 0.483 e. The van der Waals surface area contributed by atoms with Crippen molar-refractivity contribution in [3.8, 4) is 5.75 Å². The maximum absolute atomic E-state index is 12.1. The van der Waals surface area contributed by atoms with E-state index in [1.54, 1.807) is 25.1 Å². The van der Waals surface area contributed by atoms with Crippen LogP contribution in [0.1, 0.15) is 22.6 Å². The van der Waals surface area contributed by atoms with Crippen LogP contribution in [-0.4, -0.2) is 17.5 Å². The van der Waals surface area contributed by atoms with Crippen molar-refractivity contribution in [2.75, 3.05) is 11.9 Å². The van der Waals surface area contributed by atoms with Gasteiger partial charge < -0.3 is 14.5 Å². The van der Waals surface area contributed by atoms with Crippen molar-refractivity contribution in [2.24, 2.45) is 0 Å². The molecule has 3 rings (SSSR count). The second-order valence-electron chi connectivity index (χ2n) is 5.98. The average Bonchev–Trinajstić information content (AvgIpc) is 2.85. The molecule has 0 aliphatic rings. The van der Waals surface area contributed by atoms with Crippen LogP contribution in [0.15, 0.2) is 34.7 Å². The molecule has 1 amide bonds. The first-order valence-electron chi connectivity index (χ1n) is 7.80. The zero-order chi connectivity index (χ0) is 17.3. The Morgan fingerprint density at radius 2 is 1.83 bits per heavy atom. The standard InChI is InChI=1S/C19H20N2O3/c1-11-7-12(2)19(13(3)8-11)23-10-18(22)21-15-5-6-17-16(9-15)20-14(4)24-17/h5-9H,10H2,1-4H3,(H,21,22). The molecule has 0 saturated carbocycles. The molecule has 1 N–H and O–H groups in total. The topological polar surface area (TPSA) is 64.4 Å². The second-order valence-corrected chi connectivity index (χ2v) is 5.98. The number of nitrogens with zero attached hydrogens (tertiary/aromatic N) is 1. The average molecular weight is 324 g/mol. The van der Waals surface area contributed by atoms with Gasteiger partial charge in [0, 0.05) is 12.6 Å². The van der Waals surface area contributed by atoms with Gasteiger partial charge in [-0.3, -0.25) is 4.79 Å². The van der Waals surface area contributed by atoms with Crippen molar-refractivity contribution in [1.29, 1.82) is 0 Å². The summed E-state index contributed by atoms with van der Waals surface area (Å²) in [4.78, 5) is 16.4. The minimum Gasteiger partial charge on any atom is -0.483 e. The second kappa shape index (κ2) is 6.35. The first-order valence-corrected chi connectivity index (χ1v) is 7.80. The summed E-state index contributed by atoms with van der Waals surface area (Å²) in [6.45, 7) is 7.75. The Bertz CT molecular complexity index is 889. The Labute approximate surface area is 140 Å². The Morgan fingerprint density at radius 1 is 1.12 bits per heavy atom. The first kappa shape index (κ1) is 16.1. The first-order chi connectivity index (χ1) is 11.4. The zero-order valence-corrected chi connectivity index (χ0v) is 14.3. The van der Waals surface area contributed by atoms with E-state index in [0.717, 1.165) is 22.4 Å². The molecule has 2 aromatic carbocycles. The smallest absolute Gasteiger partial charge is 0.262 e. The van der Waals surface area contributed by atoms with E-state index in [9.17, 15) is 4.79 Å². The number of aryl methyl sites for hydroxylation is 4. The Balaban J connectivity index is 1.67. The number of hydrogen-bond donors (Lipinski definition) is 1. The van der Waals surface area contributed by atoms with Gasteiger partial charge in [0.2, 0.25) is 0 Å². The van der Waals surface area contributed by atoms with Crippen LogP contribution in [0.2, 0.25) is 0 Å². The molecule has 5 heteroatoms. The molecular weight excluding hydrogens is 304 g/mol. The molecule has 0 bridgehead atoms. The van der Waals surface area contributed by atoms with Crippen LogP contribution in [0.5, 0.6) is 5.75 Å². The van der Waals surface area contributed by atoms with Crippen LogP contribution < -0.4 is 10.1 Å². The molecule has 0 fully saturated rings. The van der Waals surface area contributed by atoms with Gasteiger partial charge in [0.25, 0.3) is 5.91 Å². The number of fused-ring (bicyclic) bond motifs is 1. The molecular formula is C19H20N2O3. The Hall–Kier alpha value is -2.82. The summed E-state index contributed by atoms with van der Waals surface area (Å²) in [5.74, 6) is 1.15. The molecule has 5 nitrogen and oxygen atoms in total. The molecule has 24 heavy (non-hydrogen) atoms. The van der Waals surface area contributed by atoms with Gasteiger partial charge in [0.05, 0.1) is 0 Å². The van der Waals surface area contributed by atoms with Crippen LogP contribution in [-0.2, 0) is 4.79 Å². The van der Waals surface area contributed by atoms with Gasteiger partial charge in [-0.1, -0.05) is 17.7 Å². The lowest BCUT2D eigenvalue weighted by Gasteiger charge is -2.13. The fourth-order valence-corrected chi connectivity index (χ4v) is 2.85. The summed E-state index contributed by atoms with van der Waals surface area (Å²) in [5, 5.41) is 2.82. The molecule has 124 valence electrons. The molecule has 0 saturated heterocycles. The molecule has 0 aliphatic heterocycles. The molecule has 0 spiro atoms. The van der Waals surface area contributed by atoms with Gasteiger partial charge in [0.15, 0.2) is 18.1 Å². The number of aromatic nitrogens is 1. The minimum absolute atomic E-state index is 0.0411. The number of hydrogen-bond acceptors (Lipinski definition) is 4. The summed E-state index contributed by atoms with van der Waals surface area (Å²) in [7, 11) is 0. The molecule has 0 unspecified atom stereocenters. The number of rotatable bonds is 4. The maximum atomic E-state index is 12.1. The number of anilines is 1. The van der Waals surface area contributed by atoms with Gasteiger partial charge in [-0.05, 0) is 50.1 Å². The van der Waals surface area contributed by atoms with Crippen LogP contribution in [0, 0.1) is 27.7 Å². The third kappa shape index (κ3) is 3.40. The molecule has 0 aliphatic carbocycles. The van der Waals surface area contributed by atoms with Crippen LogP contribution in [0.25, 0.3) is 11.1 Å². The van der Waals surface area contributed by atoms with E-state index in [1.165, 1.54) is 5.56 Å².